The van der Waals surface area contributed by atoms with Crippen molar-refractivity contribution in [3.63, 3.8) is 0 Å². The number of nitrogens with one attached hydrogen (secondary N) is 2. The van der Waals surface area contributed by atoms with Crippen LogP contribution in [-0.2, 0) is 6.61 Å². The maximum Gasteiger partial charge on any atom is 0.318 e. The molecule has 0 spiro atoms. The lowest BCUT2D eigenvalue weighted by atomic mass is 10.2. The van der Waals surface area contributed by atoms with E-state index in [0.717, 1.165) is 23.7 Å². The van der Waals surface area contributed by atoms with E-state index in [1.807, 2.05) is 18.1 Å². The van der Waals surface area contributed by atoms with Gasteiger partial charge in [-0.2, -0.15) is 4.98 Å². The third kappa shape index (κ3) is 4.06. The molecule has 2 aromatic rings. The largest absolute Gasteiger partial charge is 0.459 e. The first-order valence-electron chi connectivity index (χ1n) is 8.38. The molecular weight excluding hydrogens is 321 g/mol. The highest BCUT2D eigenvalue weighted by Gasteiger charge is 2.29. The van der Waals surface area contributed by atoms with Crippen LogP contribution in [0.15, 0.2) is 42.1 Å². The molecule has 2 heterocycles. The zero-order valence-electron chi connectivity index (χ0n) is 14.0. The fraction of sp³-hybridized carbons (Fsp3) is 0.333. The van der Waals surface area contributed by atoms with Crippen molar-refractivity contribution in [3.8, 4) is 6.01 Å². The third-order valence-corrected chi connectivity index (χ3v) is 4.18. The van der Waals surface area contributed by atoms with Crippen LogP contribution in [0.1, 0.15) is 24.1 Å². The van der Waals surface area contributed by atoms with Crippen LogP contribution in [0.2, 0.25) is 0 Å². The van der Waals surface area contributed by atoms with Gasteiger partial charge in [-0.1, -0.05) is 12.1 Å². The topological polar surface area (TPSA) is 62.3 Å². The average Bonchev–Trinajstić information content (AvgIpc) is 3.33. The molecule has 2 aliphatic rings. The number of halogens is 1. The molecule has 25 heavy (non-hydrogen) atoms. The van der Waals surface area contributed by atoms with E-state index >= 15 is 0 Å². The van der Waals surface area contributed by atoms with Crippen LogP contribution >= 0.6 is 0 Å². The summed E-state index contributed by atoms with van der Waals surface area (Å²) < 4.78 is 18.8. The second-order valence-electron chi connectivity index (χ2n) is 6.39. The number of benzene rings is 1. The van der Waals surface area contributed by atoms with Crippen molar-refractivity contribution in [1.29, 1.82) is 0 Å². The first kappa shape index (κ1) is 15.8. The molecule has 1 aliphatic carbocycles. The highest BCUT2D eigenvalue weighted by molar-refractivity contribution is 5.37. The van der Waals surface area contributed by atoms with Gasteiger partial charge in [0.15, 0.2) is 5.82 Å². The molecule has 130 valence electrons. The highest BCUT2D eigenvalue weighted by Crippen LogP contribution is 2.37. The van der Waals surface area contributed by atoms with Gasteiger partial charge in [0.1, 0.15) is 12.4 Å². The summed E-state index contributed by atoms with van der Waals surface area (Å²) in [7, 11) is 0. The Balaban J connectivity index is 1.41. The van der Waals surface area contributed by atoms with Crippen LogP contribution in [0.3, 0.4) is 0 Å². The fourth-order valence-electron chi connectivity index (χ4n) is 2.77. The fourth-order valence-corrected chi connectivity index (χ4v) is 2.77. The van der Waals surface area contributed by atoms with E-state index < -0.39 is 0 Å². The van der Waals surface area contributed by atoms with E-state index in [0.29, 0.717) is 5.82 Å². The molecule has 1 fully saturated rings. The van der Waals surface area contributed by atoms with E-state index in [2.05, 4.69) is 27.0 Å². The number of ether oxygens (including phenoxy) is 1. The summed E-state index contributed by atoms with van der Waals surface area (Å²) in [5.74, 6) is 1.09. The minimum Gasteiger partial charge on any atom is -0.459 e. The maximum atomic E-state index is 13.2. The second-order valence-corrected chi connectivity index (χ2v) is 6.39. The van der Waals surface area contributed by atoms with Gasteiger partial charge in [0.25, 0.3) is 0 Å². The quantitative estimate of drug-likeness (QED) is 0.842. The Labute approximate surface area is 145 Å². The molecule has 7 heteroatoms. The number of hydrazine groups is 2. The number of aromatic nitrogens is 2. The summed E-state index contributed by atoms with van der Waals surface area (Å²) >= 11 is 0. The smallest absolute Gasteiger partial charge is 0.318 e. The summed E-state index contributed by atoms with van der Waals surface area (Å²) in [5, 5.41) is 1.83. The van der Waals surface area contributed by atoms with Crippen LogP contribution < -0.4 is 15.6 Å². The molecule has 1 saturated carbocycles. The van der Waals surface area contributed by atoms with Crippen LogP contribution in [0.25, 0.3) is 0 Å². The number of hydrogen-bond donors (Lipinski definition) is 2. The van der Waals surface area contributed by atoms with E-state index in [1.165, 1.54) is 30.5 Å². The number of nitrogens with zero attached hydrogens (tertiary/aromatic N) is 3. The Morgan fingerprint density at radius 3 is 3.00 bits per heavy atom. The Morgan fingerprint density at radius 1 is 1.32 bits per heavy atom. The lowest BCUT2D eigenvalue weighted by molar-refractivity contribution is 0.279. The monoisotopic (exact) mass is 341 g/mol. The number of aryl methyl sites for hydroxylation is 1. The lowest BCUT2D eigenvalue weighted by Crippen LogP contribution is -2.34. The van der Waals surface area contributed by atoms with Gasteiger partial charge >= 0.3 is 6.01 Å². The van der Waals surface area contributed by atoms with Gasteiger partial charge in [0.2, 0.25) is 0 Å². The predicted octanol–water partition coefficient (Wildman–Crippen LogP) is 2.94. The molecule has 1 aromatic carbocycles. The van der Waals surface area contributed by atoms with Gasteiger partial charge in [0, 0.05) is 24.5 Å². The summed E-state index contributed by atoms with van der Waals surface area (Å²) in [6, 6.07) is 8.41. The Bertz CT molecular complexity index is 806. The summed E-state index contributed by atoms with van der Waals surface area (Å²) in [6.07, 6.45) is 4.65. The third-order valence-electron chi connectivity index (χ3n) is 4.18. The van der Waals surface area contributed by atoms with Crippen LogP contribution in [0, 0.1) is 18.7 Å². The van der Waals surface area contributed by atoms with Crippen LogP contribution in [0.5, 0.6) is 6.01 Å². The molecule has 0 unspecified atom stereocenters. The van der Waals surface area contributed by atoms with E-state index in [4.69, 9.17) is 4.74 Å². The maximum absolute atomic E-state index is 13.2. The number of rotatable bonds is 6. The summed E-state index contributed by atoms with van der Waals surface area (Å²) in [4.78, 5) is 8.65. The Hall–Kier alpha value is -2.67. The zero-order chi connectivity index (χ0) is 17.2. The van der Waals surface area contributed by atoms with Gasteiger partial charge in [-0.15, -0.1) is 0 Å². The lowest BCUT2D eigenvalue weighted by Gasteiger charge is -2.18. The first-order valence-corrected chi connectivity index (χ1v) is 8.38. The molecule has 0 saturated heterocycles. The first-order chi connectivity index (χ1) is 12.2. The van der Waals surface area contributed by atoms with Gasteiger partial charge in [-0.25, -0.2) is 19.9 Å². The molecule has 1 aliphatic heterocycles. The molecular formula is C18H20FN5O. The minimum absolute atomic E-state index is 0.217. The van der Waals surface area contributed by atoms with Crippen molar-refractivity contribution in [2.45, 2.75) is 26.4 Å². The van der Waals surface area contributed by atoms with Gasteiger partial charge < -0.3 is 4.74 Å². The standard InChI is InChI=1S/C18H20FN5O/c1-12-7-17(23-24-10-15(9-20-24)14-5-6-14)22-18(21-12)25-11-13-3-2-4-16(19)8-13/h2-4,7-8,10,14,20H,5-6,9,11H2,1H3,(H,21,22,23). The van der Waals surface area contributed by atoms with Crippen LogP contribution in [-0.4, -0.2) is 21.6 Å². The van der Waals surface area contributed by atoms with Crippen molar-refractivity contribution in [2.24, 2.45) is 5.92 Å². The molecule has 4 rings (SSSR count). The summed E-state index contributed by atoms with van der Waals surface area (Å²) in [6.45, 7) is 2.96. The minimum atomic E-state index is -0.285. The highest BCUT2D eigenvalue weighted by atomic mass is 19.1. The zero-order valence-corrected chi connectivity index (χ0v) is 14.0. The number of hydrogen-bond acceptors (Lipinski definition) is 6. The Morgan fingerprint density at radius 2 is 2.20 bits per heavy atom. The molecule has 0 radical (unpaired) electrons. The molecule has 2 N–H and O–H groups in total. The van der Waals surface area contributed by atoms with Crippen molar-refractivity contribution in [1.82, 2.24) is 20.5 Å². The SMILES string of the molecule is Cc1cc(NN2C=C(C3CC3)CN2)nc(OCc2cccc(F)c2)n1. The van der Waals surface area contributed by atoms with Crippen molar-refractivity contribution in [3.05, 3.63) is 59.2 Å². The van der Waals surface area contributed by atoms with E-state index in [9.17, 15) is 4.39 Å². The van der Waals surface area contributed by atoms with E-state index in [-0.39, 0.29) is 18.4 Å². The molecule has 0 bridgehead atoms. The average molecular weight is 341 g/mol. The molecule has 1 aromatic heterocycles. The predicted molar refractivity (Wildman–Crippen MR) is 91.8 cm³/mol. The Kier molecular flexibility index (Phi) is 4.23. The van der Waals surface area contributed by atoms with Crippen molar-refractivity contribution < 1.29 is 9.13 Å². The van der Waals surface area contributed by atoms with Crippen molar-refractivity contribution >= 4 is 5.82 Å². The van der Waals surface area contributed by atoms with Crippen molar-refractivity contribution in [2.75, 3.05) is 12.0 Å². The van der Waals surface area contributed by atoms with Crippen LogP contribution in [0.4, 0.5) is 10.2 Å². The van der Waals surface area contributed by atoms with Gasteiger partial charge in [-0.05, 0) is 49.0 Å². The van der Waals surface area contributed by atoms with Gasteiger partial charge in [-0.3, -0.25) is 5.43 Å². The summed E-state index contributed by atoms with van der Waals surface area (Å²) in [5.41, 5.74) is 9.40. The normalized spacial score (nSPS) is 16.7. The molecule has 6 nitrogen and oxygen atoms in total. The molecule has 0 amide bonds. The van der Waals surface area contributed by atoms with E-state index in [1.54, 1.807) is 12.1 Å². The second kappa shape index (κ2) is 6.68. The molecule has 0 atom stereocenters. The van der Waals surface area contributed by atoms with Gasteiger partial charge in [0.05, 0.1) is 0 Å². The number of anilines is 1.